The summed E-state index contributed by atoms with van der Waals surface area (Å²) in [6, 6.07) is 11.3. The van der Waals surface area contributed by atoms with Crippen LogP contribution in [0.4, 0.5) is 10.7 Å². The first-order valence-corrected chi connectivity index (χ1v) is 10.8. The first-order valence-electron chi connectivity index (χ1n) is 10.0. The predicted octanol–water partition coefficient (Wildman–Crippen LogP) is 3.27. The smallest absolute Gasteiger partial charge is 0.341 e. The molecule has 1 aromatic heterocycles. The van der Waals surface area contributed by atoms with Gasteiger partial charge in [0.25, 0.3) is 5.91 Å². The number of ether oxygens (including phenoxy) is 1. The van der Waals surface area contributed by atoms with Crippen LogP contribution < -0.4 is 10.2 Å². The zero-order chi connectivity index (χ0) is 21.7. The maximum absolute atomic E-state index is 13.0. The van der Waals surface area contributed by atoms with E-state index in [9.17, 15) is 14.4 Å². The SMILES string of the molecule is COC(=O)c1c(NC(=O)CN2C(=O)c3cccc4cccc2c34)sc2c1CCN(C)C2. The van der Waals surface area contributed by atoms with E-state index in [1.807, 2.05) is 37.4 Å². The van der Waals surface area contributed by atoms with Crippen molar-refractivity contribution in [3.05, 3.63) is 58.0 Å². The summed E-state index contributed by atoms with van der Waals surface area (Å²) in [4.78, 5) is 43.1. The molecule has 1 N–H and O–H groups in total. The molecule has 2 aliphatic heterocycles. The fourth-order valence-electron chi connectivity index (χ4n) is 4.38. The maximum atomic E-state index is 13.0. The van der Waals surface area contributed by atoms with Crippen molar-refractivity contribution in [1.29, 1.82) is 0 Å². The van der Waals surface area contributed by atoms with E-state index in [-0.39, 0.29) is 18.4 Å². The van der Waals surface area contributed by atoms with E-state index >= 15 is 0 Å². The van der Waals surface area contributed by atoms with Crippen molar-refractivity contribution in [3.8, 4) is 0 Å². The average molecular weight is 436 g/mol. The number of anilines is 2. The number of thiophene rings is 1. The van der Waals surface area contributed by atoms with Crippen molar-refractivity contribution in [2.75, 3.05) is 37.5 Å². The number of likely N-dealkylation sites (N-methyl/N-ethyl adjacent to an activating group) is 1. The second-order valence-electron chi connectivity index (χ2n) is 7.81. The molecule has 0 saturated carbocycles. The third-order valence-electron chi connectivity index (χ3n) is 5.84. The molecule has 0 bridgehead atoms. The zero-order valence-corrected chi connectivity index (χ0v) is 18.0. The van der Waals surface area contributed by atoms with E-state index in [0.29, 0.717) is 16.1 Å². The number of amides is 2. The number of nitrogens with zero attached hydrogens (tertiary/aromatic N) is 2. The molecule has 0 fully saturated rings. The molecule has 8 heteroatoms. The lowest BCUT2D eigenvalue weighted by molar-refractivity contribution is -0.114. The Kier molecular flexibility index (Phi) is 4.75. The van der Waals surface area contributed by atoms with Crippen LogP contribution in [-0.4, -0.2) is 49.9 Å². The summed E-state index contributed by atoms with van der Waals surface area (Å²) in [6.45, 7) is 1.43. The van der Waals surface area contributed by atoms with E-state index in [1.54, 1.807) is 6.07 Å². The molecule has 2 aromatic carbocycles. The number of esters is 1. The molecule has 0 spiro atoms. The Morgan fingerprint density at radius 3 is 2.74 bits per heavy atom. The van der Waals surface area contributed by atoms with E-state index in [1.165, 1.54) is 23.3 Å². The predicted molar refractivity (Wildman–Crippen MR) is 120 cm³/mol. The van der Waals surface area contributed by atoms with Crippen molar-refractivity contribution in [2.45, 2.75) is 13.0 Å². The zero-order valence-electron chi connectivity index (χ0n) is 17.2. The highest BCUT2D eigenvalue weighted by atomic mass is 32.1. The molecular formula is C23H21N3O4S. The molecule has 5 rings (SSSR count). The number of benzene rings is 2. The number of hydrogen-bond acceptors (Lipinski definition) is 6. The Morgan fingerprint density at radius 2 is 1.97 bits per heavy atom. The molecule has 3 aromatic rings. The minimum absolute atomic E-state index is 0.129. The van der Waals surface area contributed by atoms with Gasteiger partial charge in [-0.25, -0.2) is 4.79 Å². The topological polar surface area (TPSA) is 79.0 Å². The Morgan fingerprint density at radius 1 is 1.19 bits per heavy atom. The van der Waals surface area contributed by atoms with Crippen LogP contribution in [0.25, 0.3) is 10.8 Å². The summed E-state index contributed by atoms with van der Waals surface area (Å²) < 4.78 is 4.98. The standard InChI is InChI=1S/C23H21N3O4S/c1-25-10-9-14-17(11-25)31-21(20(14)23(29)30-2)24-18(27)12-26-16-8-4-6-13-5-3-7-15(19(13)16)22(26)28/h3-8H,9-12H2,1-2H3,(H,24,27). The first kappa shape index (κ1) is 19.7. The van der Waals surface area contributed by atoms with E-state index in [2.05, 4.69) is 10.2 Å². The second kappa shape index (κ2) is 7.47. The Bertz CT molecular complexity index is 1240. The van der Waals surface area contributed by atoms with Gasteiger partial charge >= 0.3 is 5.97 Å². The maximum Gasteiger partial charge on any atom is 0.341 e. The van der Waals surface area contributed by atoms with Gasteiger partial charge in [-0.05, 0) is 36.6 Å². The molecule has 158 valence electrons. The minimum Gasteiger partial charge on any atom is -0.465 e. The van der Waals surface area contributed by atoms with Crippen molar-refractivity contribution in [1.82, 2.24) is 4.90 Å². The van der Waals surface area contributed by atoms with Crippen molar-refractivity contribution < 1.29 is 19.1 Å². The summed E-state index contributed by atoms with van der Waals surface area (Å²) in [6.07, 6.45) is 0.727. The summed E-state index contributed by atoms with van der Waals surface area (Å²) in [5.74, 6) is -0.996. The number of carbonyl (C=O) groups is 3. The average Bonchev–Trinajstić information content (AvgIpc) is 3.24. The van der Waals surface area contributed by atoms with Crippen LogP contribution in [0.15, 0.2) is 36.4 Å². The van der Waals surface area contributed by atoms with Gasteiger partial charge in [-0.1, -0.05) is 24.3 Å². The fraction of sp³-hybridized carbons (Fsp3) is 0.261. The molecule has 31 heavy (non-hydrogen) atoms. The summed E-state index contributed by atoms with van der Waals surface area (Å²) >= 11 is 1.40. The summed E-state index contributed by atoms with van der Waals surface area (Å²) in [5, 5.41) is 5.19. The third-order valence-corrected chi connectivity index (χ3v) is 6.97. The van der Waals surface area contributed by atoms with Gasteiger partial charge < -0.3 is 15.0 Å². The minimum atomic E-state index is -0.452. The first-order chi connectivity index (χ1) is 15.0. The van der Waals surface area contributed by atoms with Gasteiger partial charge in [0, 0.05) is 28.9 Å². The summed E-state index contributed by atoms with van der Waals surface area (Å²) in [5.41, 5.74) is 2.71. The lowest BCUT2D eigenvalue weighted by Crippen LogP contribution is -2.35. The highest BCUT2D eigenvalue weighted by Crippen LogP contribution is 2.39. The quantitative estimate of drug-likeness (QED) is 0.637. The molecule has 3 heterocycles. The number of rotatable bonds is 4. The number of fused-ring (bicyclic) bond motifs is 1. The molecule has 0 unspecified atom stereocenters. The molecule has 0 radical (unpaired) electrons. The van der Waals surface area contributed by atoms with E-state index in [4.69, 9.17) is 4.74 Å². The van der Waals surface area contributed by atoms with Crippen LogP contribution in [-0.2, 0) is 22.5 Å². The van der Waals surface area contributed by atoms with Gasteiger partial charge in [0.15, 0.2) is 0 Å². The van der Waals surface area contributed by atoms with E-state index < -0.39 is 5.97 Å². The Hall–Kier alpha value is -3.23. The molecular weight excluding hydrogens is 414 g/mol. The van der Waals surface area contributed by atoms with Gasteiger partial charge in [-0.3, -0.25) is 14.5 Å². The van der Waals surface area contributed by atoms with Crippen LogP contribution in [0.3, 0.4) is 0 Å². The van der Waals surface area contributed by atoms with Crippen LogP contribution in [0.2, 0.25) is 0 Å². The fourth-order valence-corrected chi connectivity index (χ4v) is 5.72. The number of methoxy groups -OCH3 is 1. The largest absolute Gasteiger partial charge is 0.465 e. The number of hydrogen-bond donors (Lipinski definition) is 1. The van der Waals surface area contributed by atoms with Crippen LogP contribution in [0.1, 0.15) is 31.2 Å². The Labute approximate surface area is 183 Å². The highest BCUT2D eigenvalue weighted by molar-refractivity contribution is 7.17. The van der Waals surface area contributed by atoms with Crippen molar-refractivity contribution in [2.24, 2.45) is 0 Å². The third kappa shape index (κ3) is 3.19. The molecule has 0 saturated heterocycles. The van der Waals surface area contributed by atoms with Gasteiger partial charge in [-0.2, -0.15) is 0 Å². The van der Waals surface area contributed by atoms with Crippen LogP contribution in [0, 0.1) is 0 Å². The van der Waals surface area contributed by atoms with Crippen LogP contribution >= 0.6 is 11.3 Å². The monoisotopic (exact) mass is 435 g/mol. The molecule has 7 nitrogen and oxygen atoms in total. The Balaban J connectivity index is 1.43. The number of nitrogens with one attached hydrogen (secondary N) is 1. The second-order valence-corrected chi connectivity index (χ2v) is 8.91. The van der Waals surface area contributed by atoms with Gasteiger partial charge in [-0.15, -0.1) is 11.3 Å². The molecule has 0 atom stereocenters. The van der Waals surface area contributed by atoms with Crippen molar-refractivity contribution >= 4 is 50.6 Å². The highest BCUT2D eigenvalue weighted by Gasteiger charge is 2.32. The molecule has 2 aliphatic rings. The van der Waals surface area contributed by atoms with Gasteiger partial charge in [0.2, 0.25) is 5.91 Å². The molecule has 0 aliphatic carbocycles. The lowest BCUT2D eigenvalue weighted by Gasteiger charge is -2.22. The van der Waals surface area contributed by atoms with Gasteiger partial charge in [0.1, 0.15) is 11.5 Å². The van der Waals surface area contributed by atoms with Crippen LogP contribution in [0.5, 0.6) is 0 Å². The number of carbonyl (C=O) groups excluding carboxylic acids is 3. The summed E-state index contributed by atoms with van der Waals surface area (Å²) in [7, 11) is 3.36. The van der Waals surface area contributed by atoms with Gasteiger partial charge in [0.05, 0.1) is 18.4 Å². The van der Waals surface area contributed by atoms with Crippen molar-refractivity contribution in [3.63, 3.8) is 0 Å². The lowest BCUT2D eigenvalue weighted by atomic mass is 10.0. The molecule has 2 amide bonds. The normalized spacial score (nSPS) is 15.3. The van der Waals surface area contributed by atoms with E-state index in [0.717, 1.165) is 46.4 Å².